The van der Waals surface area contributed by atoms with Crippen molar-refractivity contribution in [1.29, 1.82) is 0 Å². The molecule has 0 amide bonds. The molecule has 151 valence electrons. The molecule has 0 aromatic carbocycles. The van der Waals surface area contributed by atoms with Gasteiger partial charge in [-0.1, -0.05) is 0 Å². The van der Waals surface area contributed by atoms with Gasteiger partial charge in [-0.3, -0.25) is 0 Å². The van der Waals surface area contributed by atoms with Crippen molar-refractivity contribution >= 4 is 23.9 Å². The van der Waals surface area contributed by atoms with E-state index in [1.165, 1.54) is 0 Å². The van der Waals surface area contributed by atoms with Gasteiger partial charge in [0.05, 0.1) is 0 Å². The van der Waals surface area contributed by atoms with Gasteiger partial charge >= 0.3 is 46.6 Å². The van der Waals surface area contributed by atoms with E-state index in [9.17, 15) is 0 Å². The molecule has 0 fully saturated rings. The number of carbonyl (C=O) groups excluding carboxylic acids is 4. The molecule has 0 aliphatic carbocycles. The summed E-state index contributed by atoms with van der Waals surface area (Å²) in [7, 11) is 0. The molecule has 0 aliphatic rings. The molecule has 15 heteroatoms. The SMILES string of the molecule is CC(=O)[O-].CC(=O)[O-].CC(=O)[O-].CC(=O)[O-].NCCN.O.O.O.[Fe+3].[Na+]. The molecule has 13 nitrogen and oxygen atoms in total. The van der Waals surface area contributed by atoms with Gasteiger partial charge in [0.15, 0.2) is 0 Å². The summed E-state index contributed by atoms with van der Waals surface area (Å²) >= 11 is 0. The Hall–Kier alpha value is -0.801. The summed E-state index contributed by atoms with van der Waals surface area (Å²) in [5, 5.41) is 35.6. The number of hydrogen-bond donors (Lipinski definition) is 2. The van der Waals surface area contributed by atoms with Crippen LogP contribution in [0.4, 0.5) is 0 Å². The number of nitrogens with two attached hydrogens (primary N) is 2. The normalized spacial score (nSPS) is 5.20. The van der Waals surface area contributed by atoms with E-state index in [0.29, 0.717) is 13.1 Å². The summed E-state index contributed by atoms with van der Waals surface area (Å²) in [5.41, 5.74) is 9.81. The molecular weight excluding hydrogens is 403 g/mol. The standard InChI is InChI=1S/C2H8N2.4C2H4O2.Fe.Na.3H2O/c3-1-2-4;4*1-2(3)4;;;;;/h1-4H2;4*1H3,(H,3,4);;;3*1H2/q;;;;;+3;+1;;;/p-4. The molecule has 1 radical (unpaired) electrons. The second-order valence-corrected chi connectivity index (χ2v) is 2.54. The maximum atomic E-state index is 8.89. The first-order chi connectivity index (χ1) is 8.84. The van der Waals surface area contributed by atoms with Crippen LogP contribution in [0.5, 0.6) is 0 Å². The van der Waals surface area contributed by atoms with Crippen LogP contribution in [-0.2, 0) is 36.2 Å². The number of rotatable bonds is 1. The summed E-state index contributed by atoms with van der Waals surface area (Å²) in [4.78, 5) is 35.6. The minimum atomic E-state index is -1.08. The Labute approximate surface area is 178 Å². The third-order valence-corrected chi connectivity index (χ3v) is 0.167. The molecule has 10 N–H and O–H groups in total. The van der Waals surface area contributed by atoms with Gasteiger partial charge in [0.25, 0.3) is 0 Å². The molecule has 0 saturated heterocycles. The third kappa shape index (κ3) is 262000. The first kappa shape index (κ1) is 64.6. The molecule has 0 aromatic rings. The minimum Gasteiger partial charge on any atom is -0.550 e. The van der Waals surface area contributed by atoms with Crippen LogP contribution in [-0.4, -0.2) is 53.4 Å². The van der Waals surface area contributed by atoms with Gasteiger partial charge in [-0.2, -0.15) is 0 Å². The van der Waals surface area contributed by atoms with E-state index in [4.69, 9.17) is 51.1 Å². The zero-order valence-corrected chi connectivity index (χ0v) is 17.8. The molecule has 0 aromatic heterocycles. The average Bonchev–Trinajstić information content (AvgIpc) is 2.13. The summed E-state index contributed by atoms with van der Waals surface area (Å²) in [5.74, 6) is -4.33. The van der Waals surface area contributed by atoms with Crippen molar-refractivity contribution < 1.29 is 103 Å². The van der Waals surface area contributed by atoms with Gasteiger partial charge in [-0.05, 0) is 27.7 Å². The summed E-state index contributed by atoms with van der Waals surface area (Å²) in [6.45, 7) is 5.08. The zero-order valence-electron chi connectivity index (χ0n) is 14.7. The Kier molecular flexibility index (Phi) is 170. The number of hydrogen-bond acceptors (Lipinski definition) is 10. The van der Waals surface area contributed by atoms with Gasteiger partial charge < -0.3 is 67.5 Å². The maximum absolute atomic E-state index is 8.89. The first-order valence-electron chi connectivity index (χ1n) is 4.95. The van der Waals surface area contributed by atoms with Crippen LogP contribution in [0.2, 0.25) is 0 Å². The van der Waals surface area contributed by atoms with Gasteiger partial charge in [0.1, 0.15) is 0 Å². The molecular formula is C10H26FeN2NaO11. The van der Waals surface area contributed by atoms with Gasteiger partial charge in [0.2, 0.25) is 0 Å². The molecule has 0 bridgehead atoms. The van der Waals surface area contributed by atoms with Crippen molar-refractivity contribution in [2.24, 2.45) is 11.5 Å². The van der Waals surface area contributed by atoms with Crippen molar-refractivity contribution in [1.82, 2.24) is 0 Å². The molecule has 0 unspecified atom stereocenters. The summed E-state index contributed by atoms with van der Waals surface area (Å²) < 4.78 is 0. The van der Waals surface area contributed by atoms with Crippen LogP contribution in [0.15, 0.2) is 0 Å². The molecule has 0 saturated carbocycles. The van der Waals surface area contributed by atoms with E-state index in [-0.39, 0.29) is 63.1 Å². The second kappa shape index (κ2) is 65.6. The van der Waals surface area contributed by atoms with E-state index in [0.717, 1.165) is 27.7 Å². The van der Waals surface area contributed by atoms with Crippen LogP contribution >= 0.6 is 0 Å². The van der Waals surface area contributed by atoms with Gasteiger partial charge in [-0.25, -0.2) is 0 Å². The summed E-state index contributed by atoms with van der Waals surface area (Å²) in [6.07, 6.45) is 0. The predicted molar refractivity (Wildman–Crippen MR) is 71.7 cm³/mol. The van der Waals surface area contributed by atoms with Crippen LogP contribution < -0.4 is 61.5 Å². The average molecular weight is 429 g/mol. The molecule has 0 atom stereocenters. The largest absolute Gasteiger partial charge is 3.00 e. The smallest absolute Gasteiger partial charge is 0.550 e. The van der Waals surface area contributed by atoms with E-state index >= 15 is 0 Å². The molecule has 25 heavy (non-hydrogen) atoms. The monoisotopic (exact) mass is 429 g/mol. The maximum Gasteiger partial charge on any atom is 3.00 e. The second-order valence-electron chi connectivity index (χ2n) is 2.54. The number of carbonyl (C=O) groups is 4. The topological polar surface area (TPSA) is 307 Å². The van der Waals surface area contributed by atoms with Crippen molar-refractivity contribution in [2.75, 3.05) is 13.1 Å². The molecule has 0 heterocycles. The quantitative estimate of drug-likeness (QED) is 0.370. The fourth-order valence-electron chi connectivity index (χ4n) is 0. The first-order valence-corrected chi connectivity index (χ1v) is 4.95. The zero-order chi connectivity index (χ0) is 17.7. The third-order valence-electron chi connectivity index (χ3n) is 0.167. The van der Waals surface area contributed by atoms with Crippen molar-refractivity contribution in [2.45, 2.75) is 27.7 Å². The Morgan fingerprint density at radius 3 is 0.640 bits per heavy atom. The van der Waals surface area contributed by atoms with E-state index in [2.05, 4.69) is 0 Å². The van der Waals surface area contributed by atoms with E-state index in [1.54, 1.807) is 0 Å². The fraction of sp³-hybridized carbons (Fsp3) is 0.600. The van der Waals surface area contributed by atoms with Crippen molar-refractivity contribution in [3.63, 3.8) is 0 Å². The van der Waals surface area contributed by atoms with Gasteiger partial charge in [0, 0.05) is 37.0 Å². The number of carboxylic acids is 4. The van der Waals surface area contributed by atoms with Crippen LogP contribution in [0, 0.1) is 0 Å². The summed E-state index contributed by atoms with van der Waals surface area (Å²) in [6, 6.07) is 0. The van der Waals surface area contributed by atoms with Gasteiger partial charge in [-0.15, -0.1) is 0 Å². The number of carboxylic acid groups (broad SMARTS) is 4. The Morgan fingerprint density at radius 2 is 0.640 bits per heavy atom. The van der Waals surface area contributed by atoms with Crippen LogP contribution in [0.1, 0.15) is 27.7 Å². The minimum absolute atomic E-state index is 0. The predicted octanol–water partition coefficient (Wildman–Crippen LogP) is -11.5. The molecule has 0 spiro atoms. The fourth-order valence-corrected chi connectivity index (χ4v) is 0. The van der Waals surface area contributed by atoms with Crippen LogP contribution in [0.25, 0.3) is 0 Å². The Morgan fingerprint density at radius 1 is 0.600 bits per heavy atom. The van der Waals surface area contributed by atoms with Crippen molar-refractivity contribution in [3.8, 4) is 0 Å². The molecule has 0 rings (SSSR count). The molecule has 0 aliphatic heterocycles. The van der Waals surface area contributed by atoms with Crippen molar-refractivity contribution in [3.05, 3.63) is 0 Å². The van der Waals surface area contributed by atoms with E-state index < -0.39 is 23.9 Å². The van der Waals surface area contributed by atoms with Crippen LogP contribution in [0.3, 0.4) is 0 Å². The number of aliphatic carboxylic acids is 4. The van der Waals surface area contributed by atoms with E-state index in [1.807, 2.05) is 0 Å². The Bertz CT molecular complexity index is 205. The Balaban J connectivity index is -0.0000000134.